The third-order valence-electron chi connectivity index (χ3n) is 5.68. The second kappa shape index (κ2) is 8.90. The number of hydrogen-bond donors (Lipinski definition) is 0. The van der Waals surface area contributed by atoms with Gasteiger partial charge in [0.25, 0.3) is 5.89 Å². The number of ether oxygens (including phenoxy) is 1. The monoisotopic (exact) mass is 443 g/mol. The molecule has 0 saturated carbocycles. The fraction of sp³-hybridized carbons (Fsp3) is 0.280. The molecule has 1 amide bonds. The van der Waals surface area contributed by atoms with Gasteiger partial charge in [0, 0.05) is 29.8 Å². The number of likely N-dealkylation sites (tertiary alicyclic amines) is 1. The Kier molecular flexibility index (Phi) is 5.64. The highest BCUT2D eigenvalue weighted by molar-refractivity contribution is 5.77. The van der Waals surface area contributed by atoms with E-state index < -0.39 is 0 Å². The Hall–Kier alpha value is -3.94. The molecule has 0 aliphatic carbocycles. The van der Waals surface area contributed by atoms with Crippen LogP contribution in [0.5, 0.6) is 5.75 Å². The second-order valence-corrected chi connectivity index (χ2v) is 8.26. The molecule has 5 rings (SSSR count). The van der Waals surface area contributed by atoms with Crippen LogP contribution >= 0.6 is 0 Å². The van der Waals surface area contributed by atoms with E-state index in [1.54, 1.807) is 0 Å². The van der Waals surface area contributed by atoms with Gasteiger partial charge in [-0.3, -0.25) is 9.48 Å². The summed E-state index contributed by atoms with van der Waals surface area (Å²) >= 11 is 0. The van der Waals surface area contributed by atoms with Crippen molar-refractivity contribution in [3.05, 3.63) is 72.1 Å². The number of hydrogen-bond acceptors (Lipinski definition) is 6. The third kappa shape index (κ3) is 4.64. The van der Waals surface area contributed by atoms with E-state index >= 15 is 0 Å². The van der Waals surface area contributed by atoms with Gasteiger partial charge in [-0.05, 0) is 38.1 Å². The molecule has 2 aromatic carbocycles. The first-order valence-corrected chi connectivity index (χ1v) is 11.0. The lowest BCUT2D eigenvalue weighted by Crippen LogP contribution is -2.56. The van der Waals surface area contributed by atoms with Crippen molar-refractivity contribution in [3.8, 4) is 28.6 Å². The van der Waals surface area contributed by atoms with Gasteiger partial charge in [-0.15, -0.1) is 0 Å². The van der Waals surface area contributed by atoms with Crippen LogP contribution in [0.3, 0.4) is 0 Å². The first-order chi connectivity index (χ1) is 16.0. The molecule has 1 fully saturated rings. The second-order valence-electron chi connectivity index (χ2n) is 8.26. The minimum absolute atomic E-state index is 0.0274. The van der Waals surface area contributed by atoms with Crippen molar-refractivity contribution in [2.45, 2.75) is 32.9 Å². The first kappa shape index (κ1) is 20.9. The summed E-state index contributed by atoms with van der Waals surface area (Å²) in [6.45, 7) is 5.72. The van der Waals surface area contributed by atoms with E-state index in [0.717, 1.165) is 22.5 Å². The topological polar surface area (TPSA) is 86.3 Å². The first-order valence-electron chi connectivity index (χ1n) is 11.0. The zero-order valence-corrected chi connectivity index (χ0v) is 18.6. The Balaban J connectivity index is 1.15. The summed E-state index contributed by atoms with van der Waals surface area (Å²) in [6.07, 6.45) is 0.408. The molecule has 3 heterocycles. The molecule has 0 bridgehead atoms. The van der Waals surface area contributed by atoms with E-state index in [9.17, 15) is 4.79 Å². The Morgan fingerprint density at radius 2 is 1.85 bits per heavy atom. The summed E-state index contributed by atoms with van der Waals surface area (Å²) in [5.74, 6) is 1.82. The van der Waals surface area contributed by atoms with E-state index in [2.05, 4.69) is 15.2 Å². The lowest BCUT2D eigenvalue weighted by Gasteiger charge is -2.39. The average Bonchev–Trinajstić information content (AvgIpc) is 3.41. The molecule has 0 unspecified atom stereocenters. The quantitative estimate of drug-likeness (QED) is 0.431. The van der Waals surface area contributed by atoms with Crippen LogP contribution in [-0.2, 0) is 11.3 Å². The number of aromatic nitrogens is 4. The number of rotatable bonds is 7. The van der Waals surface area contributed by atoms with Gasteiger partial charge in [0.1, 0.15) is 11.9 Å². The molecule has 1 saturated heterocycles. The van der Waals surface area contributed by atoms with Gasteiger partial charge in [0.2, 0.25) is 11.7 Å². The minimum atomic E-state index is -0.0274. The summed E-state index contributed by atoms with van der Waals surface area (Å²) in [5, 5.41) is 8.49. The summed E-state index contributed by atoms with van der Waals surface area (Å²) in [6, 6.07) is 19.3. The molecule has 4 aromatic rings. The molecule has 0 spiro atoms. The van der Waals surface area contributed by atoms with Crippen LogP contribution < -0.4 is 4.74 Å². The minimum Gasteiger partial charge on any atom is -0.487 e. The van der Waals surface area contributed by atoms with Crippen molar-refractivity contribution in [2.75, 3.05) is 13.1 Å². The fourth-order valence-electron chi connectivity index (χ4n) is 3.92. The van der Waals surface area contributed by atoms with Crippen LogP contribution in [0.15, 0.2) is 65.2 Å². The fourth-order valence-corrected chi connectivity index (χ4v) is 3.92. The number of nitrogens with zero attached hydrogens (tertiary/aromatic N) is 5. The lowest BCUT2D eigenvalue weighted by atomic mass is 10.1. The van der Waals surface area contributed by atoms with Crippen molar-refractivity contribution >= 4 is 5.91 Å². The van der Waals surface area contributed by atoms with Gasteiger partial charge in [-0.1, -0.05) is 41.6 Å². The van der Waals surface area contributed by atoms with Gasteiger partial charge in [0.05, 0.1) is 18.8 Å². The standard InChI is InChI=1S/C25H25N5O3/c1-17-13-18(2)30(27-17)12-11-23(31)29-15-22(16-29)32-21-10-6-9-20(14-21)25-26-24(28-33-25)19-7-4-3-5-8-19/h3-10,13-14,22H,11-12,15-16H2,1-2H3. The van der Waals surface area contributed by atoms with Gasteiger partial charge in [-0.25, -0.2) is 0 Å². The largest absolute Gasteiger partial charge is 0.487 e. The SMILES string of the molecule is Cc1cc(C)n(CCC(=O)N2CC(Oc3cccc(-c4nc(-c5ccccc5)no4)c3)C2)n1. The predicted octanol–water partition coefficient (Wildman–Crippen LogP) is 3.90. The van der Waals surface area contributed by atoms with Crippen LogP contribution in [0, 0.1) is 13.8 Å². The summed E-state index contributed by atoms with van der Waals surface area (Å²) in [5.41, 5.74) is 3.73. The maximum atomic E-state index is 12.5. The van der Waals surface area contributed by atoms with E-state index in [4.69, 9.17) is 9.26 Å². The van der Waals surface area contributed by atoms with Crippen LogP contribution in [0.25, 0.3) is 22.8 Å². The molecular formula is C25H25N5O3. The molecule has 8 heteroatoms. The number of aryl methyl sites for hydroxylation is 3. The molecule has 0 atom stereocenters. The van der Waals surface area contributed by atoms with E-state index in [1.165, 1.54) is 0 Å². The van der Waals surface area contributed by atoms with Gasteiger partial charge in [0.15, 0.2) is 0 Å². The zero-order valence-electron chi connectivity index (χ0n) is 18.6. The highest BCUT2D eigenvalue weighted by Gasteiger charge is 2.32. The maximum absolute atomic E-state index is 12.5. The Morgan fingerprint density at radius 3 is 2.61 bits per heavy atom. The smallest absolute Gasteiger partial charge is 0.258 e. The van der Waals surface area contributed by atoms with Crippen molar-refractivity contribution in [1.82, 2.24) is 24.8 Å². The molecule has 0 N–H and O–H groups in total. The number of carbonyl (C=O) groups excluding carboxylic acids is 1. The highest BCUT2D eigenvalue weighted by atomic mass is 16.5. The van der Waals surface area contributed by atoms with Crippen LogP contribution in [0.1, 0.15) is 17.8 Å². The predicted molar refractivity (Wildman–Crippen MR) is 122 cm³/mol. The van der Waals surface area contributed by atoms with E-state index in [0.29, 0.717) is 43.5 Å². The maximum Gasteiger partial charge on any atom is 0.258 e. The normalized spacial score (nSPS) is 13.7. The van der Waals surface area contributed by atoms with Crippen molar-refractivity contribution in [2.24, 2.45) is 0 Å². The number of carbonyl (C=O) groups is 1. The Morgan fingerprint density at radius 1 is 1.06 bits per heavy atom. The Bertz CT molecular complexity index is 1260. The molecular weight excluding hydrogens is 418 g/mol. The van der Waals surface area contributed by atoms with Gasteiger partial charge >= 0.3 is 0 Å². The number of amides is 1. The number of benzene rings is 2. The van der Waals surface area contributed by atoms with Crippen LogP contribution in [-0.4, -0.2) is 49.9 Å². The molecule has 33 heavy (non-hydrogen) atoms. The molecule has 1 aliphatic rings. The molecule has 0 radical (unpaired) electrons. The summed E-state index contributed by atoms with van der Waals surface area (Å²) in [7, 11) is 0. The van der Waals surface area contributed by atoms with Gasteiger partial charge in [-0.2, -0.15) is 10.1 Å². The van der Waals surface area contributed by atoms with Crippen molar-refractivity contribution < 1.29 is 14.1 Å². The van der Waals surface area contributed by atoms with Crippen LogP contribution in [0.2, 0.25) is 0 Å². The molecule has 8 nitrogen and oxygen atoms in total. The summed E-state index contributed by atoms with van der Waals surface area (Å²) < 4.78 is 13.4. The Labute approximate surface area is 191 Å². The highest BCUT2D eigenvalue weighted by Crippen LogP contribution is 2.27. The van der Waals surface area contributed by atoms with Crippen molar-refractivity contribution in [1.29, 1.82) is 0 Å². The zero-order chi connectivity index (χ0) is 22.8. The molecule has 168 valence electrons. The van der Waals surface area contributed by atoms with Crippen molar-refractivity contribution in [3.63, 3.8) is 0 Å². The average molecular weight is 444 g/mol. The summed E-state index contributed by atoms with van der Waals surface area (Å²) in [4.78, 5) is 18.8. The van der Waals surface area contributed by atoms with E-state index in [1.807, 2.05) is 84.1 Å². The van der Waals surface area contributed by atoms with Gasteiger partial charge < -0.3 is 14.2 Å². The molecule has 2 aromatic heterocycles. The third-order valence-corrected chi connectivity index (χ3v) is 5.68. The van der Waals surface area contributed by atoms with E-state index in [-0.39, 0.29) is 12.0 Å². The lowest BCUT2D eigenvalue weighted by molar-refractivity contribution is -0.140. The molecule has 1 aliphatic heterocycles. The van der Waals surface area contributed by atoms with Crippen LogP contribution in [0.4, 0.5) is 0 Å².